The van der Waals surface area contributed by atoms with Crippen molar-refractivity contribution in [1.29, 1.82) is 0 Å². The first kappa shape index (κ1) is 9.97. The molecule has 6 heteroatoms. The van der Waals surface area contributed by atoms with Crippen molar-refractivity contribution in [2.45, 2.75) is 0 Å². The van der Waals surface area contributed by atoms with Crippen molar-refractivity contribution in [3.63, 3.8) is 0 Å². The van der Waals surface area contributed by atoms with Crippen molar-refractivity contribution in [1.82, 2.24) is 0 Å². The molecule has 1 aliphatic rings. The molecule has 0 radical (unpaired) electrons. The van der Waals surface area contributed by atoms with E-state index in [0.29, 0.717) is 11.7 Å². The van der Waals surface area contributed by atoms with E-state index in [1.807, 2.05) is 0 Å². The molecule has 5 nitrogen and oxygen atoms in total. The summed E-state index contributed by atoms with van der Waals surface area (Å²) in [6.07, 6.45) is 0. The molecule has 0 spiro atoms. The minimum absolute atomic E-state index is 0.0707. The quantitative estimate of drug-likeness (QED) is 0.569. The topological polar surface area (TPSA) is 64.7 Å². The largest absolute Gasteiger partial charge is 0.394 e. The molecule has 0 N–H and O–H groups in total. The van der Waals surface area contributed by atoms with Crippen molar-refractivity contribution in [3.05, 3.63) is 39.9 Å². The Kier molecular flexibility index (Phi) is 2.86. The maximum absolute atomic E-state index is 10.6. The number of oxime groups is 1. The first-order chi connectivity index (χ1) is 7.27. The van der Waals surface area contributed by atoms with Crippen LogP contribution in [-0.2, 0) is 4.84 Å². The van der Waals surface area contributed by atoms with E-state index >= 15 is 0 Å². The van der Waals surface area contributed by atoms with Crippen LogP contribution in [0.1, 0.15) is 5.56 Å². The van der Waals surface area contributed by atoms with E-state index in [2.05, 4.69) is 5.16 Å². The number of non-ortho nitro benzene ring substituents is 1. The summed E-state index contributed by atoms with van der Waals surface area (Å²) in [4.78, 5) is 15.1. The second kappa shape index (κ2) is 4.31. The van der Waals surface area contributed by atoms with Gasteiger partial charge >= 0.3 is 0 Å². The number of benzene rings is 1. The second-order valence-electron chi connectivity index (χ2n) is 2.89. The van der Waals surface area contributed by atoms with Crippen LogP contribution in [0.3, 0.4) is 0 Å². The molecular weight excluding hydrogens is 216 g/mol. The van der Waals surface area contributed by atoms with Gasteiger partial charge in [-0.05, 0) is 0 Å². The summed E-state index contributed by atoms with van der Waals surface area (Å²) in [6, 6.07) is 6.39. The zero-order valence-corrected chi connectivity index (χ0v) is 8.57. The highest BCUT2D eigenvalue weighted by atomic mass is 32.2. The van der Waals surface area contributed by atoms with Gasteiger partial charge in [-0.2, -0.15) is 0 Å². The summed E-state index contributed by atoms with van der Waals surface area (Å²) in [5, 5.41) is 15.1. The van der Waals surface area contributed by atoms with Crippen LogP contribution in [0.2, 0.25) is 0 Å². The molecule has 1 aliphatic heterocycles. The van der Waals surface area contributed by atoms with Crippen LogP contribution < -0.4 is 0 Å². The molecule has 0 bridgehead atoms. The number of hydrogen-bond acceptors (Lipinski definition) is 5. The Morgan fingerprint density at radius 2 is 2.40 bits per heavy atom. The van der Waals surface area contributed by atoms with Crippen LogP contribution in [0, 0.1) is 10.1 Å². The third kappa shape index (κ3) is 2.27. The number of rotatable bonds is 2. The molecule has 0 fully saturated rings. The zero-order chi connectivity index (χ0) is 10.7. The van der Waals surface area contributed by atoms with E-state index in [0.717, 1.165) is 11.3 Å². The van der Waals surface area contributed by atoms with Gasteiger partial charge in [-0.3, -0.25) is 10.1 Å². The van der Waals surface area contributed by atoms with E-state index in [1.165, 1.54) is 23.9 Å². The summed E-state index contributed by atoms with van der Waals surface area (Å²) in [7, 11) is 0. The Balaban J connectivity index is 2.31. The number of nitro benzene ring substituents is 1. The molecule has 2 rings (SSSR count). The molecule has 0 saturated heterocycles. The van der Waals surface area contributed by atoms with E-state index in [1.54, 1.807) is 12.1 Å². The Morgan fingerprint density at radius 3 is 3.07 bits per heavy atom. The van der Waals surface area contributed by atoms with Crippen LogP contribution in [0.5, 0.6) is 0 Å². The zero-order valence-electron chi connectivity index (χ0n) is 7.75. The first-order valence-corrected chi connectivity index (χ1v) is 5.33. The standard InChI is InChI=1S/C9H8N2O3S/c12-11(13)8-3-1-2-7(6-8)9-10-14-4-5-15-9/h1-3,6H,4-5H2. The highest BCUT2D eigenvalue weighted by Gasteiger charge is 2.13. The van der Waals surface area contributed by atoms with Crippen LogP contribution in [-0.4, -0.2) is 22.3 Å². The van der Waals surface area contributed by atoms with Gasteiger partial charge in [-0.1, -0.05) is 29.1 Å². The number of thioether (sulfide) groups is 1. The van der Waals surface area contributed by atoms with Crippen molar-refractivity contribution in [2.24, 2.45) is 5.16 Å². The van der Waals surface area contributed by atoms with Gasteiger partial charge in [-0.15, -0.1) is 0 Å². The predicted octanol–water partition coefficient (Wildman–Crippen LogP) is 2.02. The maximum Gasteiger partial charge on any atom is 0.270 e. The van der Waals surface area contributed by atoms with Gasteiger partial charge in [0.05, 0.1) is 4.92 Å². The van der Waals surface area contributed by atoms with Crippen LogP contribution in [0.15, 0.2) is 29.4 Å². The molecule has 1 aromatic rings. The van der Waals surface area contributed by atoms with E-state index in [9.17, 15) is 10.1 Å². The normalized spacial score (nSPS) is 15.3. The average molecular weight is 224 g/mol. The molecule has 0 aromatic heterocycles. The molecule has 0 atom stereocenters. The Bertz CT molecular complexity index is 420. The molecular formula is C9H8N2O3S. The summed E-state index contributed by atoms with van der Waals surface area (Å²) < 4.78 is 0. The molecule has 0 saturated carbocycles. The van der Waals surface area contributed by atoms with Crippen LogP contribution >= 0.6 is 11.8 Å². The summed E-state index contributed by atoms with van der Waals surface area (Å²) in [6.45, 7) is 0.586. The minimum Gasteiger partial charge on any atom is -0.394 e. The molecule has 78 valence electrons. The van der Waals surface area contributed by atoms with Crippen LogP contribution in [0.4, 0.5) is 5.69 Å². The molecule has 0 amide bonds. The van der Waals surface area contributed by atoms with E-state index in [-0.39, 0.29) is 5.69 Å². The predicted molar refractivity (Wildman–Crippen MR) is 58.0 cm³/mol. The van der Waals surface area contributed by atoms with Crippen molar-refractivity contribution in [3.8, 4) is 0 Å². The van der Waals surface area contributed by atoms with Gasteiger partial charge in [0.15, 0.2) is 0 Å². The first-order valence-electron chi connectivity index (χ1n) is 4.35. The fourth-order valence-electron chi connectivity index (χ4n) is 1.19. The number of nitro groups is 1. The number of nitrogens with zero attached hydrogens (tertiary/aromatic N) is 2. The van der Waals surface area contributed by atoms with Gasteiger partial charge in [0.2, 0.25) is 0 Å². The fraction of sp³-hybridized carbons (Fsp3) is 0.222. The number of hydrogen-bond donors (Lipinski definition) is 0. The lowest BCUT2D eigenvalue weighted by Crippen LogP contribution is -2.07. The van der Waals surface area contributed by atoms with Gasteiger partial charge in [0.1, 0.15) is 11.7 Å². The lowest BCUT2D eigenvalue weighted by molar-refractivity contribution is -0.384. The molecule has 15 heavy (non-hydrogen) atoms. The third-order valence-electron chi connectivity index (χ3n) is 1.86. The van der Waals surface area contributed by atoms with E-state index in [4.69, 9.17) is 4.84 Å². The van der Waals surface area contributed by atoms with Gasteiger partial charge in [-0.25, -0.2) is 0 Å². The molecule has 1 heterocycles. The lowest BCUT2D eigenvalue weighted by atomic mass is 10.2. The Morgan fingerprint density at radius 1 is 1.53 bits per heavy atom. The third-order valence-corrected chi connectivity index (χ3v) is 2.82. The monoisotopic (exact) mass is 224 g/mol. The molecule has 0 aliphatic carbocycles. The lowest BCUT2D eigenvalue weighted by Gasteiger charge is -2.10. The van der Waals surface area contributed by atoms with Gasteiger partial charge < -0.3 is 4.84 Å². The maximum atomic E-state index is 10.6. The minimum atomic E-state index is -0.418. The van der Waals surface area contributed by atoms with Crippen molar-refractivity contribution < 1.29 is 9.76 Å². The molecule has 1 aromatic carbocycles. The smallest absolute Gasteiger partial charge is 0.270 e. The summed E-state index contributed by atoms with van der Waals surface area (Å²) >= 11 is 1.54. The second-order valence-corrected chi connectivity index (χ2v) is 3.97. The molecule has 0 unspecified atom stereocenters. The Hall–Kier alpha value is -1.56. The van der Waals surface area contributed by atoms with Crippen molar-refractivity contribution in [2.75, 3.05) is 12.4 Å². The Labute approximate surface area is 90.3 Å². The summed E-state index contributed by atoms with van der Waals surface area (Å²) in [5.41, 5.74) is 0.801. The van der Waals surface area contributed by atoms with Crippen LogP contribution in [0.25, 0.3) is 0 Å². The SMILES string of the molecule is O=[N+]([O-])c1cccc(C2=NOCCS2)c1. The van der Waals surface area contributed by atoms with Gasteiger partial charge in [0, 0.05) is 23.4 Å². The average Bonchev–Trinajstić information content (AvgIpc) is 2.30. The van der Waals surface area contributed by atoms with E-state index < -0.39 is 4.92 Å². The van der Waals surface area contributed by atoms with Gasteiger partial charge in [0.25, 0.3) is 5.69 Å². The summed E-state index contributed by atoms with van der Waals surface area (Å²) in [5.74, 6) is 0.821. The highest BCUT2D eigenvalue weighted by Crippen LogP contribution is 2.21. The highest BCUT2D eigenvalue weighted by molar-refractivity contribution is 8.14. The fourth-order valence-corrected chi connectivity index (χ4v) is 1.95. The van der Waals surface area contributed by atoms with Crippen molar-refractivity contribution >= 4 is 22.5 Å².